The zero-order valence-electron chi connectivity index (χ0n) is 19.3. The summed E-state index contributed by atoms with van der Waals surface area (Å²) in [6.07, 6.45) is 0.763. The number of amides is 3. The summed E-state index contributed by atoms with van der Waals surface area (Å²) < 4.78 is 1.88. The van der Waals surface area contributed by atoms with Gasteiger partial charge in [-0.3, -0.25) is 19.7 Å². The number of carbonyl (C=O) groups excluding carboxylic acids is 3. The van der Waals surface area contributed by atoms with Crippen LogP contribution in [0.5, 0.6) is 0 Å². The van der Waals surface area contributed by atoms with Crippen molar-refractivity contribution in [1.82, 2.24) is 14.8 Å². The number of aliphatic hydroxyl groups is 1. The number of nitrogens with two attached hydrogens (primary N) is 1. The third-order valence-corrected chi connectivity index (χ3v) is 7.41. The standard InChI is InChI=1S/C27H23ClN4O4/c28-19-4-2-1-3-16(19)18-12-21-22(24-23(18)25(34)30-26(24)35)17-6-5-14(11-20(17)32(21)9-10-33)27(36)31-8-7-15(29)13-31/h1-6,11-12,15,33H,7-10,13,29H2,(H,30,34,35)/t15-/m0/s1. The fourth-order valence-corrected chi connectivity index (χ4v) is 5.70. The highest BCUT2D eigenvalue weighted by molar-refractivity contribution is 6.36. The fourth-order valence-electron chi connectivity index (χ4n) is 5.46. The Bertz CT molecular complexity index is 1610. The maximum absolute atomic E-state index is 13.2. The van der Waals surface area contributed by atoms with Gasteiger partial charge in [0, 0.05) is 58.1 Å². The van der Waals surface area contributed by atoms with Gasteiger partial charge in [0.25, 0.3) is 17.7 Å². The van der Waals surface area contributed by atoms with Gasteiger partial charge in [-0.05, 0) is 36.2 Å². The predicted molar refractivity (Wildman–Crippen MR) is 137 cm³/mol. The number of nitrogens with one attached hydrogen (secondary N) is 1. The first kappa shape index (κ1) is 22.7. The van der Waals surface area contributed by atoms with E-state index in [0.717, 1.165) is 11.8 Å². The lowest BCUT2D eigenvalue weighted by molar-refractivity contribution is 0.0789. The molecule has 9 heteroatoms. The normalized spacial score (nSPS) is 17.3. The maximum atomic E-state index is 13.2. The number of carbonyl (C=O) groups is 3. The summed E-state index contributed by atoms with van der Waals surface area (Å²) in [4.78, 5) is 40.9. The molecule has 0 radical (unpaired) electrons. The monoisotopic (exact) mass is 502 g/mol. The number of rotatable bonds is 4. The second-order valence-corrected chi connectivity index (χ2v) is 9.65. The van der Waals surface area contributed by atoms with Gasteiger partial charge < -0.3 is 20.3 Å². The number of halogens is 1. The molecular formula is C27H23ClN4O4. The number of likely N-dealkylation sites (tertiary alicyclic amines) is 1. The molecule has 1 saturated heterocycles. The first-order valence-electron chi connectivity index (χ1n) is 11.8. The van der Waals surface area contributed by atoms with E-state index in [1.807, 2.05) is 16.7 Å². The molecular weight excluding hydrogens is 480 g/mol. The van der Waals surface area contributed by atoms with Crippen LogP contribution >= 0.6 is 11.6 Å². The topological polar surface area (TPSA) is 118 Å². The molecule has 0 unspecified atom stereocenters. The van der Waals surface area contributed by atoms with E-state index in [1.165, 1.54) is 0 Å². The Balaban J connectivity index is 1.65. The first-order chi connectivity index (χ1) is 17.4. The van der Waals surface area contributed by atoms with Gasteiger partial charge in [0.05, 0.1) is 23.3 Å². The van der Waals surface area contributed by atoms with Crippen molar-refractivity contribution in [2.24, 2.45) is 5.73 Å². The zero-order valence-corrected chi connectivity index (χ0v) is 20.0. The number of hydrogen-bond donors (Lipinski definition) is 3. The van der Waals surface area contributed by atoms with Gasteiger partial charge >= 0.3 is 0 Å². The minimum atomic E-state index is -0.483. The number of nitrogens with zero attached hydrogens (tertiary/aromatic N) is 2. The van der Waals surface area contributed by atoms with Gasteiger partial charge in [-0.15, -0.1) is 0 Å². The van der Waals surface area contributed by atoms with Crippen molar-refractivity contribution < 1.29 is 19.5 Å². The van der Waals surface area contributed by atoms with Crippen molar-refractivity contribution in [2.45, 2.75) is 19.0 Å². The van der Waals surface area contributed by atoms with Crippen LogP contribution in [-0.4, -0.2) is 58.0 Å². The van der Waals surface area contributed by atoms with Crippen LogP contribution < -0.4 is 11.1 Å². The maximum Gasteiger partial charge on any atom is 0.259 e. The summed E-state index contributed by atoms with van der Waals surface area (Å²) in [6.45, 7) is 1.20. The van der Waals surface area contributed by atoms with Crippen molar-refractivity contribution >= 4 is 51.1 Å². The Kier molecular flexibility index (Phi) is 5.33. The molecule has 1 aromatic heterocycles. The largest absolute Gasteiger partial charge is 0.395 e. The second kappa shape index (κ2) is 8.44. The minimum absolute atomic E-state index is 0.0274. The van der Waals surface area contributed by atoms with Crippen molar-refractivity contribution in [3.8, 4) is 11.1 Å². The summed E-state index contributed by atoms with van der Waals surface area (Å²) in [7, 11) is 0. The van der Waals surface area contributed by atoms with E-state index in [-0.39, 0.29) is 36.2 Å². The Morgan fingerprint density at radius 1 is 1.06 bits per heavy atom. The third-order valence-electron chi connectivity index (χ3n) is 7.08. The van der Waals surface area contributed by atoms with Gasteiger partial charge in [0.15, 0.2) is 0 Å². The Morgan fingerprint density at radius 2 is 1.83 bits per heavy atom. The lowest BCUT2D eigenvalue weighted by Crippen LogP contribution is -2.31. The molecule has 0 saturated carbocycles. The molecule has 8 nitrogen and oxygen atoms in total. The third kappa shape index (κ3) is 3.33. The molecule has 0 spiro atoms. The van der Waals surface area contributed by atoms with Crippen molar-refractivity contribution in [1.29, 1.82) is 0 Å². The summed E-state index contributed by atoms with van der Waals surface area (Å²) in [6, 6.07) is 14.3. The lowest BCUT2D eigenvalue weighted by atomic mass is 9.92. The number of fused-ring (bicyclic) bond motifs is 5. The highest BCUT2D eigenvalue weighted by atomic mass is 35.5. The van der Waals surface area contributed by atoms with Crippen LogP contribution in [0.2, 0.25) is 5.02 Å². The average Bonchev–Trinajstić information content (AvgIpc) is 3.52. The summed E-state index contributed by atoms with van der Waals surface area (Å²) in [5, 5.41) is 14.1. The highest BCUT2D eigenvalue weighted by Gasteiger charge is 2.35. The smallest absolute Gasteiger partial charge is 0.259 e. The highest BCUT2D eigenvalue weighted by Crippen LogP contribution is 2.42. The molecule has 1 fully saturated rings. The van der Waals surface area contributed by atoms with E-state index in [0.29, 0.717) is 51.2 Å². The number of imide groups is 1. The second-order valence-electron chi connectivity index (χ2n) is 9.24. The lowest BCUT2D eigenvalue weighted by Gasteiger charge is -2.16. The fraction of sp³-hybridized carbons (Fsp3) is 0.222. The molecule has 6 rings (SSSR count). The summed E-state index contributed by atoms with van der Waals surface area (Å²) in [5.74, 6) is -1.07. The zero-order chi connectivity index (χ0) is 25.1. The number of aromatic nitrogens is 1. The molecule has 2 aliphatic rings. The van der Waals surface area contributed by atoms with Crippen molar-refractivity contribution in [3.63, 3.8) is 0 Å². The van der Waals surface area contributed by atoms with Crippen LogP contribution in [0.4, 0.5) is 0 Å². The Labute approximate surface area is 211 Å². The molecule has 3 aromatic carbocycles. The van der Waals surface area contributed by atoms with Crippen LogP contribution in [0.15, 0.2) is 48.5 Å². The molecule has 182 valence electrons. The molecule has 1 atom stereocenters. The summed E-state index contributed by atoms with van der Waals surface area (Å²) >= 11 is 6.49. The number of benzene rings is 3. The number of hydrogen-bond acceptors (Lipinski definition) is 5. The van der Waals surface area contributed by atoms with Crippen LogP contribution in [0.1, 0.15) is 37.5 Å². The van der Waals surface area contributed by atoms with E-state index in [9.17, 15) is 19.5 Å². The Hall–Kier alpha value is -3.72. The van der Waals surface area contributed by atoms with E-state index >= 15 is 0 Å². The Morgan fingerprint density at radius 3 is 2.56 bits per heavy atom. The van der Waals surface area contributed by atoms with Crippen LogP contribution in [0.3, 0.4) is 0 Å². The van der Waals surface area contributed by atoms with Crippen molar-refractivity contribution in [3.05, 3.63) is 70.2 Å². The molecule has 3 heterocycles. The molecule has 36 heavy (non-hydrogen) atoms. The van der Waals surface area contributed by atoms with Gasteiger partial charge in [-0.1, -0.05) is 35.9 Å². The first-order valence-corrected chi connectivity index (χ1v) is 12.2. The molecule has 4 aromatic rings. The number of aliphatic hydroxyl groups excluding tert-OH is 1. The minimum Gasteiger partial charge on any atom is -0.395 e. The van der Waals surface area contributed by atoms with Crippen molar-refractivity contribution in [2.75, 3.05) is 19.7 Å². The predicted octanol–water partition coefficient (Wildman–Crippen LogP) is 3.16. The van der Waals surface area contributed by atoms with E-state index in [1.54, 1.807) is 41.3 Å². The van der Waals surface area contributed by atoms with E-state index in [4.69, 9.17) is 17.3 Å². The van der Waals surface area contributed by atoms with E-state index in [2.05, 4.69) is 5.32 Å². The van der Waals surface area contributed by atoms with E-state index < -0.39 is 11.8 Å². The molecule has 2 aliphatic heterocycles. The molecule has 4 N–H and O–H groups in total. The van der Waals surface area contributed by atoms with Gasteiger partial charge in [0.2, 0.25) is 0 Å². The average molecular weight is 503 g/mol. The van der Waals surface area contributed by atoms with Crippen LogP contribution in [-0.2, 0) is 6.54 Å². The SMILES string of the molecule is N[C@H]1CCN(C(=O)c2ccc3c4c5c(c(-c6ccccc6Cl)cc4n(CCO)c3c2)C(=O)NC5=O)C1. The quantitative estimate of drug-likeness (QED) is 0.370. The van der Waals surface area contributed by atoms with Gasteiger partial charge in [-0.25, -0.2) is 0 Å². The molecule has 0 aliphatic carbocycles. The molecule has 0 bridgehead atoms. The van der Waals surface area contributed by atoms with Crippen LogP contribution in [0, 0.1) is 0 Å². The summed E-state index contributed by atoms with van der Waals surface area (Å²) in [5.41, 5.74) is 9.58. The van der Waals surface area contributed by atoms with Crippen LogP contribution in [0.25, 0.3) is 32.9 Å². The van der Waals surface area contributed by atoms with Gasteiger partial charge in [-0.2, -0.15) is 0 Å². The molecule has 3 amide bonds. The van der Waals surface area contributed by atoms with Gasteiger partial charge in [0.1, 0.15) is 0 Å².